The van der Waals surface area contributed by atoms with Crippen LogP contribution in [0, 0.1) is 5.92 Å². The highest BCUT2D eigenvalue weighted by molar-refractivity contribution is 5.83. The molecule has 0 aliphatic carbocycles. The van der Waals surface area contributed by atoms with Gasteiger partial charge in [-0.1, -0.05) is 98.8 Å². The van der Waals surface area contributed by atoms with E-state index in [4.69, 9.17) is 14.2 Å². The predicted molar refractivity (Wildman–Crippen MR) is 149 cm³/mol. The van der Waals surface area contributed by atoms with Gasteiger partial charge in [0.15, 0.2) is 6.04 Å². The second-order valence-corrected chi connectivity index (χ2v) is 9.98. The molecule has 2 unspecified atom stereocenters. The molecule has 7 nitrogen and oxygen atoms in total. The van der Waals surface area contributed by atoms with Crippen molar-refractivity contribution in [2.45, 2.75) is 65.4 Å². The van der Waals surface area contributed by atoms with Crippen molar-refractivity contribution in [1.29, 1.82) is 0 Å². The Morgan fingerprint density at radius 3 is 1.74 bits per heavy atom. The summed E-state index contributed by atoms with van der Waals surface area (Å²) in [6, 6.07) is 24.9. The van der Waals surface area contributed by atoms with Crippen molar-refractivity contribution in [2.75, 3.05) is 0 Å². The van der Waals surface area contributed by atoms with Crippen LogP contribution < -0.4 is 5.32 Å². The average molecular weight is 532 g/mol. The van der Waals surface area contributed by atoms with Gasteiger partial charge < -0.3 is 19.5 Å². The maximum absolute atomic E-state index is 13.0. The topological polar surface area (TPSA) is 90.9 Å². The second kappa shape index (κ2) is 14.7. The molecule has 0 bridgehead atoms. The zero-order valence-electron chi connectivity index (χ0n) is 23.0. The van der Waals surface area contributed by atoms with E-state index in [1.807, 2.05) is 84.9 Å². The summed E-state index contributed by atoms with van der Waals surface area (Å²) < 4.78 is 16.4. The van der Waals surface area contributed by atoms with Crippen molar-refractivity contribution in [1.82, 2.24) is 5.32 Å². The van der Waals surface area contributed by atoms with Crippen LogP contribution in [0.2, 0.25) is 0 Å². The first-order valence-corrected chi connectivity index (χ1v) is 13.2. The van der Waals surface area contributed by atoms with Crippen molar-refractivity contribution in [2.24, 2.45) is 5.92 Å². The van der Waals surface area contributed by atoms with E-state index in [9.17, 15) is 14.4 Å². The molecule has 1 amide bonds. The summed E-state index contributed by atoms with van der Waals surface area (Å²) in [5.41, 5.74) is 3.58. The van der Waals surface area contributed by atoms with Crippen molar-refractivity contribution in [3.05, 3.63) is 107 Å². The zero-order valence-corrected chi connectivity index (χ0v) is 23.0. The number of alkyl carbamates (subject to hydrolysis) is 1. The highest BCUT2D eigenvalue weighted by Gasteiger charge is 2.33. The van der Waals surface area contributed by atoms with E-state index in [0.717, 1.165) is 23.1 Å². The van der Waals surface area contributed by atoms with Gasteiger partial charge in [0.1, 0.15) is 19.3 Å². The van der Waals surface area contributed by atoms with Crippen LogP contribution in [0.25, 0.3) is 0 Å². The molecule has 0 spiro atoms. The maximum Gasteiger partial charge on any atom is 0.408 e. The molecule has 0 saturated carbocycles. The third-order valence-electron chi connectivity index (χ3n) is 6.21. The van der Waals surface area contributed by atoms with Crippen LogP contribution in [0.3, 0.4) is 0 Å². The molecule has 0 radical (unpaired) electrons. The summed E-state index contributed by atoms with van der Waals surface area (Å²) in [5, 5.41) is 2.52. The van der Waals surface area contributed by atoms with Crippen LogP contribution in [0.15, 0.2) is 84.9 Å². The highest BCUT2D eigenvalue weighted by atomic mass is 16.6. The molecule has 0 aliphatic rings. The molecular formula is C32H37NO6. The monoisotopic (exact) mass is 531 g/mol. The Balaban J connectivity index is 1.65. The summed E-state index contributed by atoms with van der Waals surface area (Å²) >= 11 is 0. The normalized spacial score (nSPS) is 13.2. The first-order chi connectivity index (χ1) is 18.7. The molecule has 7 heteroatoms. The molecule has 0 saturated heterocycles. The number of hydrogen-bond acceptors (Lipinski definition) is 6. The molecule has 39 heavy (non-hydrogen) atoms. The van der Waals surface area contributed by atoms with E-state index in [2.05, 4.69) is 19.2 Å². The quantitative estimate of drug-likeness (QED) is 0.229. The Labute approximate surface area is 230 Å². The van der Waals surface area contributed by atoms with Crippen LogP contribution in [0.1, 0.15) is 55.9 Å². The Bertz CT molecular complexity index is 1190. The van der Waals surface area contributed by atoms with Crippen LogP contribution >= 0.6 is 0 Å². The van der Waals surface area contributed by atoms with Crippen molar-refractivity contribution in [3.63, 3.8) is 0 Å². The lowest BCUT2D eigenvalue weighted by Gasteiger charge is -2.25. The molecule has 206 valence electrons. The predicted octanol–water partition coefficient (Wildman–Crippen LogP) is 5.96. The standard InChI is InChI=1S/C32H37NO6/c1-22(2)19-25-15-17-28(18-16-25)23(3)30(34)39-24(4)29(31(35)37-20-26-11-7-5-8-12-26)33-32(36)38-21-27-13-9-6-10-14-27/h5-18,22-24,29H,19-21H2,1-4H3,(H,33,36)/t23-,24?,29?/m0/s1. The first-order valence-electron chi connectivity index (χ1n) is 13.2. The first kappa shape index (κ1) is 29.4. The van der Waals surface area contributed by atoms with Crippen LogP contribution in [-0.4, -0.2) is 30.2 Å². The third-order valence-corrected chi connectivity index (χ3v) is 6.21. The lowest BCUT2D eigenvalue weighted by atomic mass is 9.97. The van der Waals surface area contributed by atoms with Gasteiger partial charge >= 0.3 is 18.0 Å². The Morgan fingerprint density at radius 2 is 1.21 bits per heavy atom. The number of amides is 1. The van der Waals surface area contributed by atoms with Crippen LogP contribution in [-0.2, 0) is 43.4 Å². The lowest BCUT2D eigenvalue weighted by Crippen LogP contribution is -2.50. The van der Waals surface area contributed by atoms with Crippen LogP contribution in [0.4, 0.5) is 4.79 Å². The Hall–Kier alpha value is -4.13. The molecule has 1 N–H and O–H groups in total. The smallest absolute Gasteiger partial charge is 0.408 e. The van der Waals surface area contributed by atoms with Gasteiger partial charge in [-0.2, -0.15) is 0 Å². The van der Waals surface area contributed by atoms with Gasteiger partial charge in [-0.05, 0) is 48.4 Å². The number of hydrogen-bond donors (Lipinski definition) is 1. The molecule has 3 aromatic rings. The summed E-state index contributed by atoms with van der Waals surface area (Å²) in [7, 11) is 0. The molecular weight excluding hydrogens is 494 g/mol. The van der Waals surface area contributed by atoms with Crippen molar-refractivity contribution < 1.29 is 28.6 Å². The second-order valence-electron chi connectivity index (χ2n) is 9.98. The number of carbonyl (C=O) groups is 3. The van der Waals surface area contributed by atoms with Gasteiger partial charge in [-0.3, -0.25) is 4.79 Å². The number of ether oxygens (including phenoxy) is 3. The number of benzene rings is 3. The van der Waals surface area contributed by atoms with E-state index in [0.29, 0.717) is 5.92 Å². The van der Waals surface area contributed by atoms with E-state index < -0.39 is 36.1 Å². The molecule has 3 rings (SSSR count). The van der Waals surface area contributed by atoms with Gasteiger partial charge in [-0.15, -0.1) is 0 Å². The van der Waals surface area contributed by atoms with Crippen LogP contribution in [0.5, 0.6) is 0 Å². The fourth-order valence-electron chi connectivity index (χ4n) is 3.98. The molecule has 0 heterocycles. The van der Waals surface area contributed by atoms with Gasteiger partial charge in [0, 0.05) is 0 Å². The zero-order chi connectivity index (χ0) is 28.2. The van der Waals surface area contributed by atoms with E-state index in [1.165, 1.54) is 5.56 Å². The summed E-state index contributed by atoms with van der Waals surface area (Å²) in [4.78, 5) is 38.6. The fourth-order valence-corrected chi connectivity index (χ4v) is 3.98. The van der Waals surface area contributed by atoms with E-state index in [-0.39, 0.29) is 13.2 Å². The van der Waals surface area contributed by atoms with Gasteiger partial charge in [0.25, 0.3) is 0 Å². The molecule has 3 atom stereocenters. The fraction of sp³-hybridized carbons (Fsp3) is 0.344. The number of nitrogens with one attached hydrogen (secondary N) is 1. The number of rotatable bonds is 12. The van der Waals surface area contributed by atoms with Gasteiger partial charge in [0.2, 0.25) is 0 Å². The summed E-state index contributed by atoms with van der Waals surface area (Å²) in [6.45, 7) is 7.64. The molecule has 0 aromatic heterocycles. The number of carbonyl (C=O) groups excluding carboxylic acids is 3. The SMILES string of the molecule is CC(C)Cc1ccc([C@H](C)C(=O)OC(C)C(NC(=O)OCc2ccccc2)C(=O)OCc2ccccc2)cc1. The Morgan fingerprint density at radius 1 is 0.667 bits per heavy atom. The molecule has 0 fully saturated rings. The minimum atomic E-state index is -1.26. The third kappa shape index (κ3) is 9.60. The maximum atomic E-state index is 13.0. The molecule has 3 aromatic carbocycles. The van der Waals surface area contributed by atoms with Gasteiger partial charge in [-0.25, -0.2) is 9.59 Å². The summed E-state index contributed by atoms with van der Waals surface area (Å²) in [5.74, 6) is -1.28. The highest BCUT2D eigenvalue weighted by Crippen LogP contribution is 2.20. The van der Waals surface area contributed by atoms with Crippen molar-refractivity contribution in [3.8, 4) is 0 Å². The minimum absolute atomic E-state index is 0.0106. The van der Waals surface area contributed by atoms with E-state index >= 15 is 0 Å². The number of esters is 2. The Kier molecular flexibility index (Phi) is 11.1. The van der Waals surface area contributed by atoms with Crippen molar-refractivity contribution >= 4 is 18.0 Å². The summed E-state index contributed by atoms with van der Waals surface area (Å²) in [6.07, 6.45) is -0.875. The lowest BCUT2D eigenvalue weighted by molar-refractivity contribution is -0.159. The van der Waals surface area contributed by atoms with E-state index in [1.54, 1.807) is 13.8 Å². The molecule has 0 aliphatic heterocycles. The average Bonchev–Trinajstić information content (AvgIpc) is 2.94. The minimum Gasteiger partial charge on any atom is -0.459 e. The van der Waals surface area contributed by atoms with Gasteiger partial charge in [0.05, 0.1) is 5.92 Å². The largest absolute Gasteiger partial charge is 0.459 e.